The van der Waals surface area contributed by atoms with Crippen LogP contribution in [0.5, 0.6) is 5.75 Å². The molecule has 1 rings (SSSR count). The predicted octanol–water partition coefficient (Wildman–Crippen LogP) is 3.52. The first-order valence-corrected chi connectivity index (χ1v) is 6.34. The van der Waals surface area contributed by atoms with Crippen molar-refractivity contribution in [2.24, 2.45) is 0 Å². The Hall–Kier alpha value is -1.29. The molecule has 0 radical (unpaired) electrons. The van der Waals surface area contributed by atoms with Crippen molar-refractivity contribution < 1.29 is 13.9 Å². The molecule has 0 fully saturated rings. The fourth-order valence-corrected chi connectivity index (χ4v) is 1.67. The second kappa shape index (κ2) is 7.12. The van der Waals surface area contributed by atoms with E-state index in [-0.39, 0.29) is 10.9 Å². The Morgan fingerprint density at radius 1 is 1.53 bits per heavy atom. The van der Waals surface area contributed by atoms with E-state index in [0.29, 0.717) is 23.7 Å². The molecule has 0 aliphatic heterocycles. The summed E-state index contributed by atoms with van der Waals surface area (Å²) in [5.74, 6) is 0.766. The van der Waals surface area contributed by atoms with Crippen LogP contribution in [0.2, 0.25) is 0 Å². The van der Waals surface area contributed by atoms with Crippen LogP contribution >= 0.6 is 11.8 Å². The molecule has 92 valence electrons. The second-order valence-corrected chi connectivity index (χ2v) is 4.52. The molecule has 0 heterocycles. The van der Waals surface area contributed by atoms with Gasteiger partial charge in [-0.15, -0.1) is 0 Å². The maximum atomic E-state index is 13.6. The van der Waals surface area contributed by atoms with Crippen molar-refractivity contribution in [1.82, 2.24) is 0 Å². The van der Waals surface area contributed by atoms with E-state index in [2.05, 4.69) is 0 Å². The first kappa shape index (κ1) is 13.8. The molecule has 0 atom stereocenters. The summed E-state index contributed by atoms with van der Waals surface area (Å²) < 4.78 is 18.7. The van der Waals surface area contributed by atoms with Crippen LogP contribution in [-0.2, 0) is 4.79 Å². The number of thioether (sulfide) groups is 1. The number of benzene rings is 1. The zero-order chi connectivity index (χ0) is 12.7. The van der Waals surface area contributed by atoms with Gasteiger partial charge in [-0.25, -0.2) is 4.39 Å². The van der Waals surface area contributed by atoms with E-state index in [1.165, 1.54) is 24.8 Å². The number of rotatable bonds is 5. The third kappa shape index (κ3) is 5.04. The molecule has 0 aliphatic rings. The zero-order valence-corrected chi connectivity index (χ0v) is 10.7. The fraction of sp³-hybridized carbons (Fsp3) is 0.308. The van der Waals surface area contributed by atoms with Crippen LogP contribution in [0, 0.1) is 5.82 Å². The minimum Gasteiger partial charge on any atom is -0.494 e. The van der Waals surface area contributed by atoms with Crippen LogP contribution in [0.4, 0.5) is 4.39 Å². The summed E-state index contributed by atoms with van der Waals surface area (Å²) in [7, 11) is 0. The van der Waals surface area contributed by atoms with Gasteiger partial charge in [0, 0.05) is 24.3 Å². The Balaban J connectivity index is 2.62. The molecule has 0 spiro atoms. The molecule has 2 nitrogen and oxygen atoms in total. The van der Waals surface area contributed by atoms with Gasteiger partial charge in [0.05, 0.1) is 6.61 Å². The van der Waals surface area contributed by atoms with E-state index in [4.69, 9.17) is 4.74 Å². The van der Waals surface area contributed by atoms with E-state index in [0.717, 1.165) is 0 Å². The summed E-state index contributed by atoms with van der Waals surface area (Å²) in [6.45, 7) is 3.88. The predicted molar refractivity (Wildman–Crippen MR) is 69.7 cm³/mol. The van der Waals surface area contributed by atoms with Crippen LogP contribution < -0.4 is 4.74 Å². The molecular weight excluding hydrogens is 239 g/mol. The lowest BCUT2D eigenvalue weighted by atomic mass is 10.2. The lowest BCUT2D eigenvalue weighted by Crippen LogP contribution is -1.92. The van der Waals surface area contributed by atoms with Crippen LogP contribution in [-0.4, -0.2) is 17.5 Å². The fourth-order valence-electron chi connectivity index (χ4n) is 1.24. The Labute approximate surface area is 105 Å². The van der Waals surface area contributed by atoms with Gasteiger partial charge in [0.2, 0.25) is 0 Å². The lowest BCUT2D eigenvalue weighted by Gasteiger charge is -2.04. The maximum absolute atomic E-state index is 13.6. The minimum absolute atomic E-state index is 0.0572. The average molecular weight is 254 g/mol. The highest BCUT2D eigenvalue weighted by Gasteiger charge is 2.01. The van der Waals surface area contributed by atoms with Gasteiger partial charge in [-0.1, -0.05) is 23.9 Å². The number of carbonyl (C=O) groups excluding carboxylic acids is 1. The molecule has 0 aromatic heterocycles. The standard InChI is InChI=1S/C13H15FO2S/c1-3-16-12-7-6-11(13(14)9-12)5-4-8-17-10(2)15/h4-7,9H,3,8H2,1-2H3. The van der Waals surface area contributed by atoms with Crippen molar-refractivity contribution in [3.05, 3.63) is 35.7 Å². The topological polar surface area (TPSA) is 26.3 Å². The van der Waals surface area contributed by atoms with Gasteiger partial charge in [0.1, 0.15) is 11.6 Å². The van der Waals surface area contributed by atoms with Gasteiger partial charge in [0.25, 0.3) is 0 Å². The zero-order valence-electron chi connectivity index (χ0n) is 9.90. The highest BCUT2D eigenvalue weighted by molar-refractivity contribution is 8.13. The summed E-state index contributed by atoms with van der Waals surface area (Å²) in [5.41, 5.74) is 0.498. The van der Waals surface area contributed by atoms with Gasteiger partial charge in [0.15, 0.2) is 5.12 Å². The van der Waals surface area contributed by atoms with Crippen LogP contribution in [0.1, 0.15) is 19.4 Å². The first-order valence-electron chi connectivity index (χ1n) is 5.35. The molecule has 17 heavy (non-hydrogen) atoms. The summed E-state index contributed by atoms with van der Waals surface area (Å²) in [5, 5.41) is 0.0572. The van der Waals surface area contributed by atoms with Crippen molar-refractivity contribution in [3.63, 3.8) is 0 Å². The van der Waals surface area contributed by atoms with E-state index in [1.807, 2.05) is 6.92 Å². The molecule has 0 aliphatic carbocycles. The quantitative estimate of drug-likeness (QED) is 0.804. The van der Waals surface area contributed by atoms with Crippen LogP contribution in [0.15, 0.2) is 24.3 Å². The summed E-state index contributed by atoms with van der Waals surface area (Å²) in [6, 6.07) is 4.75. The summed E-state index contributed by atoms with van der Waals surface area (Å²) >= 11 is 1.19. The first-order chi connectivity index (χ1) is 8.13. The van der Waals surface area contributed by atoms with Gasteiger partial charge in [-0.3, -0.25) is 4.79 Å². The lowest BCUT2D eigenvalue weighted by molar-refractivity contribution is -0.109. The molecule has 0 amide bonds. The molecule has 0 saturated heterocycles. The highest BCUT2D eigenvalue weighted by atomic mass is 32.2. The second-order valence-electron chi connectivity index (χ2n) is 3.32. The monoisotopic (exact) mass is 254 g/mol. The van der Waals surface area contributed by atoms with E-state index in [1.54, 1.807) is 24.3 Å². The molecule has 1 aromatic carbocycles. The third-order valence-corrected chi connectivity index (χ3v) is 2.73. The molecule has 0 unspecified atom stereocenters. The Kier molecular flexibility index (Phi) is 5.77. The van der Waals surface area contributed by atoms with Crippen molar-refractivity contribution in [2.75, 3.05) is 12.4 Å². The Morgan fingerprint density at radius 2 is 2.29 bits per heavy atom. The molecule has 0 bridgehead atoms. The largest absolute Gasteiger partial charge is 0.494 e. The van der Waals surface area contributed by atoms with E-state index in [9.17, 15) is 9.18 Å². The molecule has 1 aromatic rings. The minimum atomic E-state index is -0.319. The van der Waals surface area contributed by atoms with Crippen molar-refractivity contribution in [1.29, 1.82) is 0 Å². The maximum Gasteiger partial charge on any atom is 0.186 e. The molecule has 4 heteroatoms. The third-order valence-electron chi connectivity index (χ3n) is 1.96. The SMILES string of the molecule is CCOc1ccc(C=CCSC(C)=O)c(F)c1. The van der Waals surface area contributed by atoms with Gasteiger partial charge in [-0.05, 0) is 19.1 Å². The smallest absolute Gasteiger partial charge is 0.186 e. The van der Waals surface area contributed by atoms with Gasteiger partial charge < -0.3 is 4.74 Å². The van der Waals surface area contributed by atoms with E-state index < -0.39 is 0 Å². The number of carbonyl (C=O) groups is 1. The normalized spacial score (nSPS) is 10.8. The van der Waals surface area contributed by atoms with Gasteiger partial charge >= 0.3 is 0 Å². The highest BCUT2D eigenvalue weighted by Crippen LogP contribution is 2.18. The van der Waals surface area contributed by atoms with Crippen molar-refractivity contribution in [3.8, 4) is 5.75 Å². The van der Waals surface area contributed by atoms with E-state index >= 15 is 0 Å². The Bertz CT molecular complexity index is 416. The van der Waals surface area contributed by atoms with Crippen LogP contribution in [0.25, 0.3) is 6.08 Å². The summed E-state index contributed by atoms with van der Waals surface area (Å²) in [6.07, 6.45) is 3.44. The molecular formula is C13H15FO2S. The molecule has 0 N–H and O–H groups in total. The summed E-state index contributed by atoms with van der Waals surface area (Å²) in [4.78, 5) is 10.7. The number of hydrogen-bond acceptors (Lipinski definition) is 3. The Morgan fingerprint density at radius 3 is 2.88 bits per heavy atom. The number of hydrogen-bond donors (Lipinski definition) is 0. The van der Waals surface area contributed by atoms with Crippen molar-refractivity contribution >= 4 is 23.0 Å². The molecule has 0 saturated carbocycles. The van der Waals surface area contributed by atoms with Gasteiger partial charge in [-0.2, -0.15) is 0 Å². The average Bonchev–Trinajstić information content (AvgIpc) is 2.27. The number of ether oxygens (including phenoxy) is 1. The van der Waals surface area contributed by atoms with Crippen LogP contribution in [0.3, 0.4) is 0 Å². The van der Waals surface area contributed by atoms with Crippen molar-refractivity contribution in [2.45, 2.75) is 13.8 Å². The number of halogens is 1.